The van der Waals surface area contributed by atoms with Crippen LogP contribution in [-0.2, 0) is 22.6 Å². The molecule has 4 aromatic rings. The predicted molar refractivity (Wildman–Crippen MR) is 144 cm³/mol. The molecule has 0 N–H and O–H groups in total. The minimum atomic E-state index is -0.344. The Morgan fingerprint density at radius 3 is 2.76 bits per heavy atom. The Morgan fingerprint density at radius 1 is 1.18 bits per heavy atom. The number of hydrogen-bond donors (Lipinski definition) is 0. The van der Waals surface area contributed by atoms with Crippen LogP contribution in [0.15, 0.2) is 54.6 Å². The van der Waals surface area contributed by atoms with Crippen LogP contribution in [0.1, 0.15) is 36.2 Å². The van der Waals surface area contributed by atoms with Crippen molar-refractivity contribution < 1.29 is 18.7 Å². The highest BCUT2D eigenvalue weighted by Gasteiger charge is 2.25. The van der Waals surface area contributed by atoms with E-state index < -0.39 is 0 Å². The lowest BCUT2D eigenvalue weighted by atomic mass is 10.0. The maximum Gasteiger partial charge on any atom is 0.224 e. The molecule has 0 saturated carbocycles. The number of benzene rings is 2. The number of carbonyl (C=O) groups is 1. The molecule has 7 nitrogen and oxygen atoms in total. The van der Waals surface area contributed by atoms with Crippen LogP contribution in [0, 0.1) is 19.7 Å². The van der Waals surface area contributed by atoms with Crippen molar-refractivity contribution in [3.63, 3.8) is 0 Å². The fourth-order valence-corrected chi connectivity index (χ4v) is 5.13. The lowest BCUT2D eigenvalue weighted by Gasteiger charge is -2.27. The van der Waals surface area contributed by atoms with Gasteiger partial charge in [0.25, 0.3) is 0 Å². The van der Waals surface area contributed by atoms with Gasteiger partial charge < -0.3 is 14.4 Å². The van der Waals surface area contributed by atoms with E-state index in [0.717, 1.165) is 40.7 Å². The number of aromatic nitrogens is 3. The van der Waals surface area contributed by atoms with E-state index in [9.17, 15) is 9.18 Å². The number of hydrogen-bond acceptors (Lipinski definition) is 5. The second-order valence-corrected chi connectivity index (χ2v) is 9.84. The van der Waals surface area contributed by atoms with E-state index in [1.165, 1.54) is 12.1 Å². The molecule has 1 saturated heterocycles. The smallest absolute Gasteiger partial charge is 0.224 e. The molecule has 8 heteroatoms. The molecule has 2 aromatic carbocycles. The highest BCUT2D eigenvalue weighted by molar-refractivity contribution is 5.85. The largest absolute Gasteiger partial charge is 0.496 e. The standard InChI is InChI=1S/C30H33FN4O3/c1-20-15-21(2)35(33-20)13-12-29(36)34(19-25-7-6-14-38-25)18-23-16-22-10-11-24(31)17-27(22)32-30(23)26-8-4-5-9-28(26)37-3/h4-5,8-11,15-17,25H,6-7,12-14,18-19H2,1-3H3. The van der Waals surface area contributed by atoms with E-state index in [0.29, 0.717) is 49.6 Å². The van der Waals surface area contributed by atoms with Crippen LogP contribution in [0.25, 0.3) is 22.2 Å². The number of halogens is 1. The Bertz CT molecular complexity index is 1440. The van der Waals surface area contributed by atoms with Gasteiger partial charge in [0.1, 0.15) is 11.6 Å². The summed E-state index contributed by atoms with van der Waals surface area (Å²) in [5.74, 6) is 0.347. The van der Waals surface area contributed by atoms with Gasteiger partial charge in [-0.25, -0.2) is 9.37 Å². The number of pyridine rings is 1. The van der Waals surface area contributed by atoms with Gasteiger partial charge in [-0.2, -0.15) is 5.10 Å². The summed E-state index contributed by atoms with van der Waals surface area (Å²) in [6.07, 6.45) is 2.25. The van der Waals surface area contributed by atoms with Crippen LogP contribution in [-0.4, -0.2) is 51.9 Å². The molecule has 0 radical (unpaired) electrons. The highest BCUT2D eigenvalue weighted by atomic mass is 19.1. The third-order valence-electron chi connectivity index (χ3n) is 7.02. The van der Waals surface area contributed by atoms with Gasteiger partial charge in [0.05, 0.1) is 30.1 Å². The van der Waals surface area contributed by atoms with E-state index in [1.807, 2.05) is 59.8 Å². The SMILES string of the molecule is COc1ccccc1-c1nc2cc(F)ccc2cc1CN(CC1CCCO1)C(=O)CCn1nc(C)cc1C. The monoisotopic (exact) mass is 516 g/mol. The quantitative estimate of drug-likeness (QED) is 0.296. The summed E-state index contributed by atoms with van der Waals surface area (Å²) in [7, 11) is 1.62. The van der Waals surface area contributed by atoms with Gasteiger partial charge in [-0.05, 0) is 68.7 Å². The van der Waals surface area contributed by atoms with Crippen LogP contribution in [0.3, 0.4) is 0 Å². The first-order valence-corrected chi connectivity index (χ1v) is 13.0. The third-order valence-corrected chi connectivity index (χ3v) is 7.02. The van der Waals surface area contributed by atoms with Crippen molar-refractivity contribution in [1.29, 1.82) is 0 Å². The van der Waals surface area contributed by atoms with E-state index in [-0.39, 0.29) is 17.8 Å². The zero-order chi connectivity index (χ0) is 26.6. The van der Waals surface area contributed by atoms with Crippen LogP contribution < -0.4 is 4.74 Å². The molecule has 1 unspecified atom stereocenters. The number of methoxy groups -OCH3 is 1. The normalized spacial score (nSPS) is 15.2. The molecule has 0 aliphatic carbocycles. The first-order chi connectivity index (χ1) is 18.4. The number of para-hydroxylation sites is 1. The molecule has 5 rings (SSSR count). The van der Waals surface area contributed by atoms with Crippen LogP contribution >= 0.6 is 0 Å². The molecule has 3 heterocycles. The van der Waals surface area contributed by atoms with E-state index in [1.54, 1.807) is 13.2 Å². The molecular formula is C30H33FN4O3. The molecule has 38 heavy (non-hydrogen) atoms. The lowest BCUT2D eigenvalue weighted by molar-refractivity contribution is -0.133. The molecule has 1 aliphatic rings. The van der Waals surface area contributed by atoms with Gasteiger partial charge >= 0.3 is 0 Å². The van der Waals surface area contributed by atoms with Gasteiger partial charge in [0, 0.05) is 55.4 Å². The minimum Gasteiger partial charge on any atom is -0.496 e. The first-order valence-electron chi connectivity index (χ1n) is 13.0. The molecular weight excluding hydrogens is 483 g/mol. The summed E-state index contributed by atoms with van der Waals surface area (Å²) in [4.78, 5) is 20.4. The Morgan fingerprint density at radius 2 is 2.03 bits per heavy atom. The van der Waals surface area contributed by atoms with Crippen LogP contribution in [0.4, 0.5) is 4.39 Å². The summed E-state index contributed by atoms with van der Waals surface area (Å²) in [6, 6.07) is 16.2. The van der Waals surface area contributed by atoms with Gasteiger partial charge in [0.2, 0.25) is 5.91 Å². The number of carbonyl (C=O) groups excluding carboxylic acids is 1. The number of nitrogens with zero attached hydrogens (tertiary/aromatic N) is 4. The topological polar surface area (TPSA) is 69.5 Å². The maximum absolute atomic E-state index is 14.1. The summed E-state index contributed by atoms with van der Waals surface area (Å²) in [6.45, 7) is 6.03. The van der Waals surface area contributed by atoms with Crippen molar-refractivity contribution in [2.75, 3.05) is 20.3 Å². The van der Waals surface area contributed by atoms with Gasteiger partial charge in [-0.3, -0.25) is 9.48 Å². The molecule has 1 fully saturated rings. The van der Waals surface area contributed by atoms with Crippen molar-refractivity contribution >= 4 is 16.8 Å². The minimum absolute atomic E-state index is 0.00450. The summed E-state index contributed by atoms with van der Waals surface area (Å²) >= 11 is 0. The molecule has 0 bridgehead atoms. The van der Waals surface area contributed by atoms with Crippen LogP contribution in [0.5, 0.6) is 5.75 Å². The fourth-order valence-electron chi connectivity index (χ4n) is 5.13. The Hall–Kier alpha value is -3.78. The second kappa shape index (κ2) is 11.3. The predicted octanol–water partition coefficient (Wildman–Crippen LogP) is 5.46. The van der Waals surface area contributed by atoms with E-state index >= 15 is 0 Å². The van der Waals surface area contributed by atoms with Crippen molar-refractivity contribution in [2.45, 2.75) is 52.3 Å². The third kappa shape index (κ3) is 5.70. The molecule has 1 atom stereocenters. The summed E-state index contributed by atoms with van der Waals surface area (Å²) < 4.78 is 27.5. The van der Waals surface area contributed by atoms with Gasteiger partial charge in [-0.15, -0.1) is 0 Å². The average Bonchev–Trinajstić information content (AvgIpc) is 3.54. The number of aryl methyl sites for hydroxylation is 3. The number of amides is 1. The number of fused-ring (bicyclic) bond motifs is 1. The van der Waals surface area contributed by atoms with E-state index in [4.69, 9.17) is 14.5 Å². The van der Waals surface area contributed by atoms with Gasteiger partial charge in [0.15, 0.2) is 0 Å². The number of ether oxygens (including phenoxy) is 2. The zero-order valence-electron chi connectivity index (χ0n) is 22.1. The lowest BCUT2D eigenvalue weighted by Crippen LogP contribution is -2.37. The van der Waals surface area contributed by atoms with Crippen molar-refractivity contribution in [3.8, 4) is 17.0 Å². The Balaban J connectivity index is 1.51. The molecule has 0 spiro atoms. The highest BCUT2D eigenvalue weighted by Crippen LogP contribution is 2.34. The average molecular weight is 517 g/mol. The maximum atomic E-state index is 14.1. The molecule has 198 valence electrons. The molecule has 1 amide bonds. The molecule has 1 aliphatic heterocycles. The Labute approximate surface area is 222 Å². The van der Waals surface area contributed by atoms with Crippen molar-refractivity contribution in [1.82, 2.24) is 19.7 Å². The fraction of sp³-hybridized carbons (Fsp3) is 0.367. The second-order valence-electron chi connectivity index (χ2n) is 9.84. The summed E-state index contributed by atoms with van der Waals surface area (Å²) in [5, 5.41) is 5.32. The number of rotatable bonds is 9. The van der Waals surface area contributed by atoms with Crippen molar-refractivity contribution in [3.05, 3.63) is 77.4 Å². The van der Waals surface area contributed by atoms with Gasteiger partial charge in [-0.1, -0.05) is 12.1 Å². The van der Waals surface area contributed by atoms with E-state index in [2.05, 4.69) is 5.10 Å². The van der Waals surface area contributed by atoms with Crippen LogP contribution in [0.2, 0.25) is 0 Å². The molecule has 2 aromatic heterocycles. The Kier molecular flexibility index (Phi) is 7.69. The zero-order valence-corrected chi connectivity index (χ0v) is 22.1. The summed E-state index contributed by atoms with van der Waals surface area (Å²) in [5.41, 5.74) is 4.85. The van der Waals surface area contributed by atoms with Crippen molar-refractivity contribution in [2.24, 2.45) is 0 Å². The first kappa shape index (κ1) is 25.9.